The second-order valence-electron chi connectivity index (χ2n) is 5.68. The minimum Gasteiger partial charge on any atom is -0.382 e. The van der Waals surface area contributed by atoms with Gasteiger partial charge in [0.2, 0.25) is 0 Å². The molecule has 1 atom stereocenters. The van der Waals surface area contributed by atoms with Gasteiger partial charge >= 0.3 is 0 Å². The zero-order valence-corrected chi connectivity index (χ0v) is 14.0. The molecule has 0 heterocycles. The third-order valence-electron chi connectivity index (χ3n) is 3.84. The number of ether oxygens (including phenoxy) is 1. The highest BCUT2D eigenvalue weighted by atomic mass is 79.9. The van der Waals surface area contributed by atoms with E-state index in [0.717, 1.165) is 38.6 Å². The van der Waals surface area contributed by atoms with E-state index in [2.05, 4.69) is 52.4 Å². The predicted octanol–water partition coefficient (Wildman–Crippen LogP) is 4.18. The number of rotatable bonds is 10. The molecule has 2 rings (SSSR count). The molecule has 1 unspecified atom stereocenters. The molecule has 1 aliphatic carbocycles. The Balaban J connectivity index is 1.81. The Hall–Kier alpha value is -0.380. The van der Waals surface area contributed by atoms with Crippen molar-refractivity contribution >= 4 is 15.9 Å². The molecule has 20 heavy (non-hydrogen) atoms. The fourth-order valence-corrected chi connectivity index (χ4v) is 2.94. The average Bonchev–Trinajstić information content (AvgIpc) is 3.27. The number of hydrogen-bond acceptors (Lipinski definition) is 2. The minimum absolute atomic E-state index is 0.703. The molecule has 0 aromatic heterocycles. The summed E-state index contributed by atoms with van der Waals surface area (Å²) < 4.78 is 6.70. The van der Waals surface area contributed by atoms with E-state index < -0.39 is 0 Å². The standard InChI is InChI=1S/C17H26BrNO/c1-2-20-11-5-6-14(13-19-16-9-10-16)12-15-7-3-4-8-17(15)18/h3-4,7-8,14,16,19H,2,5-6,9-13H2,1H3. The second kappa shape index (κ2) is 8.81. The van der Waals surface area contributed by atoms with Crippen LogP contribution in [0.1, 0.15) is 38.2 Å². The van der Waals surface area contributed by atoms with E-state index in [1.165, 1.54) is 29.3 Å². The largest absolute Gasteiger partial charge is 0.382 e. The third kappa shape index (κ3) is 5.94. The van der Waals surface area contributed by atoms with Crippen LogP contribution in [0.25, 0.3) is 0 Å². The van der Waals surface area contributed by atoms with Crippen LogP contribution in [-0.2, 0) is 11.2 Å². The maximum Gasteiger partial charge on any atom is 0.0466 e. The first-order valence-electron chi connectivity index (χ1n) is 7.84. The van der Waals surface area contributed by atoms with Gasteiger partial charge in [0.05, 0.1) is 0 Å². The number of hydrogen-bond donors (Lipinski definition) is 1. The normalized spacial score (nSPS) is 16.3. The summed E-state index contributed by atoms with van der Waals surface area (Å²) in [5.41, 5.74) is 1.42. The van der Waals surface area contributed by atoms with Crippen molar-refractivity contribution in [3.63, 3.8) is 0 Å². The van der Waals surface area contributed by atoms with Gasteiger partial charge < -0.3 is 10.1 Å². The molecule has 0 aliphatic heterocycles. The third-order valence-corrected chi connectivity index (χ3v) is 4.62. The number of nitrogens with one attached hydrogen (secondary N) is 1. The lowest BCUT2D eigenvalue weighted by Crippen LogP contribution is -2.26. The van der Waals surface area contributed by atoms with E-state index in [1.54, 1.807) is 0 Å². The summed E-state index contributed by atoms with van der Waals surface area (Å²) in [6.07, 6.45) is 6.27. The van der Waals surface area contributed by atoms with Crippen molar-refractivity contribution in [1.82, 2.24) is 5.32 Å². The van der Waals surface area contributed by atoms with Gasteiger partial charge in [-0.15, -0.1) is 0 Å². The van der Waals surface area contributed by atoms with Crippen molar-refractivity contribution in [1.29, 1.82) is 0 Å². The monoisotopic (exact) mass is 339 g/mol. The molecule has 1 aromatic carbocycles. The molecule has 3 heteroatoms. The van der Waals surface area contributed by atoms with Gasteiger partial charge in [-0.1, -0.05) is 34.1 Å². The van der Waals surface area contributed by atoms with Gasteiger partial charge in [0, 0.05) is 23.7 Å². The predicted molar refractivity (Wildman–Crippen MR) is 88.1 cm³/mol. The highest BCUT2D eigenvalue weighted by Crippen LogP contribution is 2.23. The van der Waals surface area contributed by atoms with E-state index in [-0.39, 0.29) is 0 Å². The van der Waals surface area contributed by atoms with E-state index in [0.29, 0.717) is 5.92 Å². The van der Waals surface area contributed by atoms with Gasteiger partial charge in [0.1, 0.15) is 0 Å². The quantitative estimate of drug-likeness (QED) is 0.645. The molecule has 0 spiro atoms. The highest BCUT2D eigenvalue weighted by Gasteiger charge is 2.22. The lowest BCUT2D eigenvalue weighted by Gasteiger charge is -2.18. The molecule has 112 valence electrons. The van der Waals surface area contributed by atoms with Crippen molar-refractivity contribution in [2.75, 3.05) is 19.8 Å². The Labute approximate surface area is 131 Å². The first-order valence-corrected chi connectivity index (χ1v) is 8.63. The van der Waals surface area contributed by atoms with Crippen LogP contribution in [0.4, 0.5) is 0 Å². The highest BCUT2D eigenvalue weighted by molar-refractivity contribution is 9.10. The average molecular weight is 340 g/mol. The van der Waals surface area contributed by atoms with Gasteiger partial charge in [-0.25, -0.2) is 0 Å². The Morgan fingerprint density at radius 3 is 2.85 bits per heavy atom. The molecule has 0 bridgehead atoms. The van der Waals surface area contributed by atoms with Crippen molar-refractivity contribution < 1.29 is 4.74 Å². The smallest absolute Gasteiger partial charge is 0.0466 e. The summed E-state index contributed by atoms with van der Waals surface area (Å²) in [5, 5.41) is 3.68. The summed E-state index contributed by atoms with van der Waals surface area (Å²) in [6.45, 7) is 4.92. The fraction of sp³-hybridized carbons (Fsp3) is 0.647. The Bertz CT molecular complexity index is 392. The van der Waals surface area contributed by atoms with Crippen LogP contribution in [0.5, 0.6) is 0 Å². The van der Waals surface area contributed by atoms with Crippen LogP contribution >= 0.6 is 15.9 Å². The van der Waals surface area contributed by atoms with Crippen molar-refractivity contribution in [2.24, 2.45) is 5.92 Å². The fourth-order valence-electron chi connectivity index (χ4n) is 2.49. The van der Waals surface area contributed by atoms with Crippen molar-refractivity contribution in [2.45, 2.75) is 45.1 Å². The van der Waals surface area contributed by atoms with Gasteiger partial charge in [-0.2, -0.15) is 0 Å². The van der Waals surface area contributed by atoms with Crippen molar-refractivity contribution in [3.05, 3.63) is 34.3 Å². The van der Waals surface area contributed by atoms with E-state index in [9.17, 15) is 0 Å². The Morgan fingerprint density at radius 2 is 2.15 bits per heavy atom. The topological polar surface area (TPSA) is 21.3 Å². The molecular weight excluding hydrogens is 314 g/mol. The summed E-state index contributed by atoms with van der Waals surface area (Å²) >= 11 is 3.67. The number of halogens is 1. The molecule has 0 saturated heterocycles. The first kappa shape index (κ1) is 16.0. The Kier molecular flexibility index (Phi) is 7.05. The van der Waals surface area contributed by atoms with Crippen LogP contribution < -0.4 is 5.32 Å². The van der Waals surface area contributed by atoms with Gasteiger partial charge in [-0.05, 0) is 63.1 Å². The van der Waals surface area contributed by atoms with E-state index in [1.807, 2.05) is 0 Å². The summed E-state index contributed by atoms with van der Waals surface area (Å²) in [4.78, 5) is 0. The molecule has 0 amide bonds. The summed E-state index contributed by atoms with van der Waals surface area (Å²) in [5.74, 6) is 0.703. The van der Waals surface area contributed by atoms with Crippen LogP contribution in [0.15, 0.2) is 28.7 Å². The molecule has 1 aromatic rings. The molecule has 2 nitrogen and oxygen atoms in total. The van der Waals surface area contributed by atoms with Crippen LogP contribution in [0.3, 0.4) is 0 Å². The molecule has 1 aliphatic rings. The molecule has 1 N–H and O–H groups in total. The lowest BCUT2D eigenvalue weighted by atomic mass is 9.94. The van der Waals surface area contributed by atoms with Gasteiger partial charge in [0.25, 0.3) is 0 Å². The second-order valence-corrected chi connectivity index (χ2v) is 6.54. The van der Waals surface area contributed by atoms with Crippen LogP contribution in [-0.4, -0.2) is 25.8 Å². The maximum atomic E-state index is 5.47. The van der Waals surface area contributed by atoms with Gasteiger partial charge in [-0.3, -0.25) is 0 Å². The van der Waals surface area contributed by atoms with Crippen LogP contribution in [0, 0.1) is 5.92 Å². The summed E-state index contributed by atoms with van der Waals surface area (Å²) in [6, 6.07) is 9.38. The zero-order valence-electron chi connectivity index (χ0n) is 12.4. The molecule has 1 fully saturated rings. The van der Waals surface area contributed by atoms with E-state index >= 15 is 0 Å². The maximum absolute atomic E-state index is 5.47. The zero-order chi connectivity index (χ0) is 14.2. The first-order chi connectivity index (χ1) is 9.79. The lowest BCUT2D eigenvalue weighted by molar-refractivity contribution is 0.139. The SMILES string of the molecule is CCOCCCC(CNC1CC1)Cc1ccccc1Br. The van der Waals surface area contributed by atoms with Crippen molar-refractivity contribution in [3.8, 4) is 0 Å². The minimum atomic E-state index is 0.703. The Morgan fingerprint density at radius 1 is 1.35 bits per heavy atom. The molecule has 0 radical (unpaired) electrons. The number of benzene rings is 1. The summed E-state index contributed by atoms with van der Waals surface area (Å²) in [7, 11) is 0. The van der Waals surface area contributed by atoms with Gasteiger partial charge in [0.15, 0.2) is 0 Å². The molecular formula is C17H26BrNO. The van der Waals surface area contributed by atoms with E-state index in [4.69, 9.17) is 4.74 Å². The molecule has 1 saturated carbocycles. The van der Waals surface area contributed by atoms with Crippen LogP contribution in [0.2, 0.25) is 0 Å².